The lowest BCUT2D eigenvalue weighted by Gasteiger charge is -2.27. The van der Waals surface area contributed by atoms with Crippen LogP contribution in [-0.2, 0) is 19.5 Å². The third kappa shape index (κ3) is 7.59. The maximum absolute atomic E-state index is 13.7. The summed E-state index contributed by atoms with van der Waals surface area (Å²) in [6.07, 6.45) is 0.890. The Hall–Kier alpha value is -3.12. The molecule has 1 aliphatic heterocycles. The number of pyridine rings is 1. The molecule has 3 heterocycles. The fourth-order valence-electron chi connectivity index (χ4n) is 4.80. The summed E-state index contributed by atoms with van der Waals surface area (Å²) in [5.41, 5.74) is 3.40. The number of nitrogens with zero attached hydrogens (tertiary/aromatic N) is 3. The van der Waals surface area contributed by atoms with Crippen molar-refractivity contribution < 1.29 is 27.1 Å². The molecule has 1 amide bonds. The van der Waals surface area contributed by atoms with Gasteiger partial charge in [-0.05, 0) is 65.2 Å². The number of fused-ring (bicyclic) bond motifs is 3. The highest BCUT2D eigenvalue weighted by atomic mass is 79.9. The predicted molar refractivity (Wildman–Crippen MR) is 155 cm³/mol. The second-order valence-corrected chi connectivity index (χ2v) is 10.5. The number of aromatic nitrogens is 2. The molecule has 2 aromatic carbocycles. The van der Waals surface area contributed by atoms with E-state index >= 15 is 0 Å². The first-order valence-corrected chi connectivity index (χ1v) is 13.4. The van der Waals surface area contributed by atoms with Crippen LogP contribution in [0.5, 0.6) is 5.75 Å². The average Bonchev–Trinajstić information content (AvgIpc) is 3.19. The molecule has 0 spiro atoms. The minimum atomic E-state index is -4.85. The second kappa shape index (κ2) is 12.8. The average molecular weight is 674 g/mol. The minimum Gasteiger partial charge on any atom is -0.406 e. The van der Waals surface area contributed by atoms with Gasteiger partial charge in [0.2, 0.25) is 0 Å². The third-order valence-electron chi connectivity index (χ3n) is 6.43. The van der Waals surface area contributed by atoms with Crippen LogP contribution in [0.1, 0.15) is 22.4 Å². The highest BCUT2D eigenvalue weighted by Gasteiger charge is 2.32. The summed E-state index contributed by atoms with van der Waals surface area (Å²) in [6.45, 7) is 1.73. The van der Waals surface area contributed by atoms with Gasteiger partial charge in [0.05, 0.1) is 5.52 Å². The van der Waals surface area contributed by atoms with Crippen molar-refractivity contribution in [2.75, 3.05) is 13.1 Å². The van der Waals surface area contributed by atoms with E-state index in [1.807, 2.05) is 6.08 Å². The van der Waals surface area contributed by atoms with E-state index in [1.54, 1.807) is 24.3 Å². The Morgan fingerprint density at radius 2 is 1.98 bits per heavy atom. The number of hydrogen-bond donors (Lipinski definition) is 1. The number of hydrogen-bond acceptors (Lipinski definition) is 4. The molecule has 0 bridgehead atoms. The number of rotatable bonds is 6. The molecule has 0 fully saturated rings. The van der Waals surface area contributed by atoms with E-state index in [0.29, 0.717) is 52.1 Å². The Kier molecular flexibility index (Phi) is 9.63. The lowest BCUT2D eigenvalue weighted by molar-refractivity contribution is -0.274. The van der Waals surface area contributed by atoms with E-state index in [1.165, 1.54) is 41.1 Å². The van der Waals surface area contributed by atoms with E-state index in [-0.39, 0.29) is 30.5 Å². The fraction of sp³-hybridized carbons (Fsp3) is 0.214. The molecule has 41 heavy (non-hydrogen) atoms. The quantitative estimate of drug-likeness (QED) is 0.168. The smallest absolute Gasteiger partial charge is 0.406 e. The van der Waals surface area contributed by atoms with Crippen molar-refractivity contribution in [2.24, 2.45) is 0 Å². The van der Waals surface area contributed by atoms with Crippen molar-refractivity contribution in [2.45, 2.75) is 25.9 Å². The van der Waals surface area contributed by atoms with Gasteiger partial charge < -0.3 is 10.1 Å². The Morgan fingerprint density at radius 3 is 2.71 bits per heavy atom. The maximum Gasteiger partial charge on any atom is 0.573 e. The number of nitrogens with one attached hydrogen (secondary N) is 1. The molecule has 4 aromatic rings. The van der Waals surface area contributed by atoms with Crippen molar-refractivity contribution >= 4 is 62.9 Å². The van der Waals surface area contributed by atoms with Crippen LogP contribution in [0.4, 0.5) is 22.4 Å². The van der Waals surface area contributed by atoms with E-state index < -0.39 is 12.4 Å². The Balaban J connectivity index is 0.00000387. The molecular weight excluding hydrogens is 651 g/mol. The van der Waals surface area contributed by atoms with Crippen molar-refractivity contribution in [3.63, 3.8) is 0 Å². The van der Waals surface area contributed by atoms with Gasteiger partial charge >= 0.3 is 12.4 Å². The lowest BCUT2D eigenvalue weighted by Crippen LogP contribution is -2.34. The number of amides is 1. The molecule has 2 aromatic heterocycles. The summed E-state index contributed by atoms with van der Waals surface area (Å²) >= 11 is 9.22. The molecule has 5 rings (SSSR count). The molecular formula is C28H23BrCl2F4N4O2. The largest absolute Gasteiger partial charge is 0.573 e. The first kappa shape index (κ1) is 30.8. The van der Waals surface area contributed by atoms with Gasteiger partial charge in [-0.3, -0.25) is 9.47 Å². The van der Waals surface area contributed by atoms with Crippen molar-refractivity contribution in [3.05, 3.63) is 98.6 Å². The second-order valence-electron chi connectivity index (χ2n) is 9.22. The molecule has 0 atom stereocenters. The summed E-state index contributed by atoms with van der Waals surface area (Å²) in [7, 11) is 0. The van der Waals surface area contributed by atoms with E-state index in [0.717, 1.165) is 16.8 Å². The van der Waals surface area contributed by atoms with Gasteiger partial charge in [0, 0.05) is 54.3 Å². The lowest BCUT2D eigenvalue weighted by atomic mass is 10.0. The highest BCUT2D eigenvalue weighted by Crippen LogP contribution is 2.35. The fourth-order valence-corrected chi connectivity index (χ4v) is 5.48. The summed E-state index contributed by atoms with van der Waals surface area (Å²) in [5.74, 6) is -0.716. The summed E-state index contributed by atoms with van der Waals surface area (Å²) in [5, 5.41) is 3.66. The normalized spacial score (nSPS) is 13.7. The topological polar surface area (TPSA) is 59.4 Å². The first-order chi connectivity index (χ1) is 19.1. The van der Waals surface area contributed by atoms with Gasteiger partial charge in [-0.1, -0.05) is 39.7 Å². The van der Waals surface area contributed by atoms with Crippen LogP contribution in [0.2, 0.25) is 5.15 Å². The Morgan fingerprint density at radius 1 is 1.17 bits per heavy atom. The molecule has 13 heteroatoms. The van der Waals surface area contributed by atoms with Crippen molar-refractivity contribution in [3.8, 4) is 5.75 Å². The van der Waals surface area contributed by atoms with Crippen LogP contribution >= 0.6 is 39.9 Å². The van der Waals surface area contributed by atoms with Gasteiger partial charge in [0.1, 0.15) is 16.7 Å². The maximum atomic E-state index is 13.7. The molecule has 1 N–H and O–H groups in total. The number of ether oxygens (including phenoxy) is 1. The van der Waals surface area contributed by atoms with Crippen LogP contribution < -0.4 is 10.1 Å². The van der Waals surface area contributed by atoms with Gasteiger partial charge in [0.25, 0.3) is 0 Å². The molecule has 0 saturated heterocycles. The van der Waals surface area contributed by atoms with Crippen LogP contribution in [0.3, 0.4) is 0 Å². The number of halogens is 7. The van der Waals surface area contributed by atoms with Crippen molar-refractivity contribution in [1.82, 2.24) is 19.8 Å². The van der Waals surface area contributed by atoms with E-state index in [9.17, 15) is 22.4 Å². The minimum absolute atomic E-state index is 0. The molecule has 1 aliphatic rings. The Bertz CT molecular complexity index is 1590. The number of alkyl halides is 3. The molecule has 6 nitrogen and oxygen atoms in total. The van der Waals surface area contributed by atoms with Crippen LogP contribution in [0.25, 0.3) is 17.0 Å². The molecule has 216 valence electrons. The Labute approximate surface area is 252 Å². The standard InChI is InChI=1S/C28H22BrClF4N4O2.ClH/c29-19-10-17(11-20(31)13-19)2-1-8-37-9-6-25-23(16-37)22-14-21(40-28(32,33)34)3-4-24(22)38(25)27(39)36-15-18-5-7-35-26(30)12-18;/h1-5,7,10-14H,6,8-9,15-16H2,(H,36,39);1H/b2-1+;. The third-order valence-corrected chi connectivity index (χ3v) is 7.09. The first-order valence-electron chi connectivity index (χ1n) is 12.2. The molecule has 0 radical (unpaired) electrons. The number of carbonyl (C=O) groups is 1. The zero-order valence-corrected chi connectivity index (χ0v) is 24.4. The molecule has 0 unspecified atom stereocenters. The monoisotopic (exact) mass is 672 g/mol. The highest BCUT2D eigenvalue weighted by molar-refractivity contribution is 9.10. The van der Waals surface area contributed by atoms with Crippen molar-refractivity contribution in [1.29, 1.82) is 0 Å². The van der Waals surface area contributed by atoms with Crippen LogP contribution in [0.15, 0.2) is 65.3 Å². The SMILES string of the molecule is Cl.O=C(NCc1ccnc(Cl)c1)n1c2c(c3cc(OC(F)(F)F)ccc31)CN(C/C=C/c1cc(F)cc(Br)c1)CC2. The number of benzene rings is 2. The molecule has 0 saturated carbocycles. The van der Waals surface area contributed by atoms with Crippen LogP contribution in [0, 0.1) is 5.82 Å². The summed E-state index contributed by atoms with van der Waals surface area (Å²) in [6, 6.07) is 11.5. The predicted octanol–water partition coefficient (Wildman–Crippen LogP) is 7.74. The molecule has 0 aliphatic carbocycles. The summed E-state index contributed by atoms with van der Waals surface area (Å²) in [4.78, 5) is 19.4. The van der Waals surface area contributed by atoms with E-state index in [2.05, 4.69) is 35.9 Å². The zero-order valence-electron chi connectivity index (χ0n) is 21.2. The van der Waals surface area contributed by atoms with Gasteiger partial charge in [0.15, 0.2) is 0 Å². The van der Waals surface area contributed by atoms with Crippen LogP contribution in [-0.4, -0.2) is 39.9 Å². The zero-order chi connectivity index (χ0) is 28.4. The van der Waals surface area contributed by atoms with Gasteiger partial charge in [-0.25, -0.2) is 14.2 Å². The number of carbonyl (C=O) groups excluding carboxylic acids is 1. The van der Waals surface area contributed by atoms with E-state index in [4.69, 9.17) is 11.6 Å². The van der Waals surface area contributed by atoms with Gasteiger partial charge in [-0.2, -0.15) is 0 Å². The summed E-state index contributed by atoms with van der Waals surface area (Å²) < 4.78 is 58.8. The van der Waals surface area contributed by atoms with Gasteiger partial charge in [-0.15, -0.1) is 25.6 Å².